The molecular formula is C25H36FN5O2S. The van der Waals surface area contributed by atoms with Gasteiger partial charge in [-0.1, -0.05) is 19.9 Å². The first kappa shape index (κ1) is 26.1. The van der Waals surface area contributed by atoms with Gasteiger partial charge in [-0.2, -0.15) is 0 Å². The average molecular weight is 490 g/mol. The van der Waals surface area contributed by atoms with Crippen LogP contribution in [0.25, 0.3) is 0 Å². The molecule has 2 atom stereocenters. The number of likely N-dealkylation sites (N-methyl/N-ethyl adjacent to an activating group) is 1. The highest BCUT2D eigenvalue weighted by atomic mass is 32.1. The largest absolute Gasteiger partial charge is 0.369 e. The molecule has 2 N–H and O–H groups in total. The second kappa shape index (κ2) is 12.8. The third-order valence-electron chi connectivity index (χ3n) is 6.38. The first-order chi connectivity index (χ1) is 16.4. The molecule has 1 aliphatic rings. The average Bonchev–Trinajstić information content (AvgIpc) is 3.37. The molecule has 0 aliphatic carbocycles. The summed E-state index contributed by atoms with van der Waals surface area (Å²) in [6, 6.07) is 10.4. The Kier molecular flexibility index (Phi) is 9.86. The molecule has 2 amide bonds. The van der Waals surface area contributed by atoms with Crippen molar-refractivity contribution in [2.45, 2.75) is 32.9 Å². The first-order valence-corrected chi connectivity index (χ1v) is 12.9. The molecule has 0 unspecified atom stereocenters. The molecular weight excluding hydrogens is 453 g/mol. The quantitative estimate of drug-likeness (QED) is 0.503. The van der Waals surface area contributed by atoms with E-state index in [0.29, 0.717) is 6.54 Å². The standard InChI is InChI=1S/C25H36FN5O2S/c1-4-29(5-2)13-12-27-24(32)25(33)28-19(3)23(22-7-6-18-34-22)31-16-14-30(15-17-31)21-10-8-20(26)9-11-21/h6-11,18-19,23H,4-5,12-17H2,1-3H3,(H,27,32)(H,28,33)/t19-,23+/m0/s1. The van der Waals surface area contributed by atoms with Crippen LogP contribution in [0.2, 0.25) is 0 Å². The molecule has 1 fully saturated rings. The van der Waals surface area contributed by atoms with Crippen molar-refractivity contribution in [3.8, 4) is 0 Å². The summed E-state index contributed by atoms with van der Waals surface area (Å²) in [5.41, 5.74) is 1.01. The summed E-state index contributed by atoms with van der Waals surface area (Å²) in [6.45, 7) is 12.3. The van der Waals surface area contributed by atoms with E-state index in [1.807, 2.05) is 30.5 Å². The summed E-state index contributed by atoms with van der Waals surface area (Å²) >= 11 is 1.66. The van der Waals surface area contributed by atoms with Crippen LogP contribution < -0.4 is 15.5 Å². The van der Waals surface area contributed by atoms with Gasteiger partial charge in [-0.05, 0) is 55.7 Å². The Morgan fingerprint density at radius 2 is 1.74 bits per heavy atom. The van der Waals surface area contributed by atoms with Crippen molar-refractivity contribution in [3.63, 3.8) is 0 Å². The fraction of sp³-hybridized carbons (Fsp3) is 0.520. The smallest absolute Gasteiger partial charge is 0.309 e. The zero-order chi connectivity index (χ0) is 24.5. The Morgan fingerprint density at radius 3 is 2.32 bits per heavy atom. The Labute approximate surface area is 205 Å². The zero-order valence-corrected chi connectivity index (χ0v) is 21.1. The molecule has 7 nitrogen and oxygen atoms in total. The van der Waals surface area contributed by atoms with Crippen LogP contribution >= 0.6 is 11.3 Å². The lowest BCUT2D eigenvalue weighted by Gasteiger charge is -2.42. The van der Waals surface area contributed by atoms with Gasteiger partial charge < -0.3 is 20.4 Å². The van der Waals surface area contributed by atoms with E-state index in [4.69, 9.17) is 0 Å². The highest BCUT2D eigenvalue weighted by Crippen LogP contribution is 2.30. The summed E-state index contributed by atoms with van der Waals surface area (Å²) in [6.07, 6.45) is 0. The Bertz CT molecular complexity index is 897. The molecule has 1 saturated heterocycles. The molecule has 0 bridgehead atoms. The van der Waals surface area contributed by atoms with Crippen LogP contribution in [0.5, 0.6) is 0 Å². The number of hydrogen-bond donors (Lipinski definition) is 2. The molecule has 0 saturated carbocycles. The van der Waals surface area contributed by atoms with Crippen LogP contribution in [0.4, 0.5) is 10.1 Å². The molecule has 0 radical (unpaired) electrons. The lowest BCUT2D eigenvalue weighted by atomic mass is 10.0. The van der Waals surface area contributed by atoms with Gasteiger partial charge in [-0.3, -0.25) is 14.5 Å². The number of rotatable bonds is 10. The number of halogens is 1. The Hall–Kier alpha value is -2.49. The predicted octanol–water partition coefficient (Wildman–Crippen LogP) is 2.71. The summed E-state index contributed by atoms with van der Waals surface area (Å²) in [5, 5.41) is 7.69. The van der Waals surface area contributed by atoms with E-state index in [0.717, 1.165) is 56.4 Å². The molecule has 2 heterocycles. The fourth-order valence-electron chi connectivity index (χ4n) is 4.41. The van der Waals surface area contributed by atoms with E-state index in [1.165, 1.54) is 12.1 Å². The number of amides is 2. The lowest BCUT2D eigenvalue weighted by Crippen LogP contribution is -2.54. The van der Waals surface area contributed by atoms with E-state index in [-0.39, 0.29) is 17.9 Å². The maximum atomic E-state index is 13.3. The van der Waals surface area contributed by atoms with Crippen LogP contribution in [-0.4, -0.2) is 80.0 Å². The van der Waals surface area contributed by atoms with E-state index in [9.17, 15) is 14.0 Å². The van der Waals surface area contributed by atoms with Crippen LogP contribution in [0.15, 0.2) is 41.8 Å². The minimum Gasteiger partial charge on any atom is -0.369 e. The van der Waals surface area contributed by atoms with E-state index >= 15 is 0 Å². The van der Waals surface area contributed by atoms with E-state index in [2.05, 4.69) is 45.2 Å². The minimum atomic E-state index is -0.599. The Balaban J connectivity index is 1.58. The van der Waals surface area contributed by atoms with Crippen molar-refractivity contribution >= 4 is 28.8 Å². The number of nitrogens with one attached hydrogen (secondary N) is 2. The molecule has 1 aromatic carbocycles. The SMILES string of the molecule is CCN(CC)CCNC(=O)C(=O)N[C@@H](C)[C@H](c1cccs1)N1CCN(c2ccc(F)cc2)CC1. The van der Waals surface area contributed by atoms with E-state index < -0.39 is 11.8 Å². The number of piperazine rings is 1. The van der Waals surface area contributed by atoms with Gasteiger partial charge in [0.2, 0.25) is 0 Å². The Morgan fingerprint density at radius 1 is 1.06 bits per heavy atom. The van der Waals surface area contributed by atoms with Gasteiger partial charge >= 0.3 is 11.8 Å². The van der Waals surface area contributed by atoms with Gasteiger partial charge in [0, 0.05) is 55.9 Å². The lowest BCUT2D eigenvalue weighted by molar-refractivity contribution is -0.139. The highest BCUT2D eigenvalue weighted by molar-refractivity contribution is 7.10. The van der Waals surface area contributed by atoms with Crippen molar-refractivity contribution in [1.29, 1.82) is 0 Å². The van der Waals surface area contributed by atoms with Crippen molar-refractivity contribution in [1.82, 2.24) is 20.4 Å². The second-order valence-electron chi connectivity index (χ2n) is 8.50. The molecule has 2 aromatic rings. The predicted molar refractivity (Wildman–Crippen MR) is 136 cm³/mol. The molecule has 1 aliphatic heterocycles. The molecule has 9 heteroatoms. The van der Waals surface area contributed by atoms with Gasteiger partial charge in [0.15, 0.2) is 0 Å². The number of anilines is 1. The first-order valence-electron chi connectivity index (χ1n) is 12.0. The normalized spacial score (nSPS) is 16.3. The molecule has 1 aromatic heterocycles. The van der Waals surface area contributed by atoms with Crippen molar-refractivity contribution in [2.75, 3.05) is 57.3 Å². The van der Waals surface area contributed by atoms with Crippen molar-refractivity contribution < 1.29 is 14.0 Å². The highest BCUT2D eigenvalue weighted by Gasteiger charge is 2.32. The number of nitrogens with zero attached hydrogens (tertiary/aromatic N) is 3. The number of benzene rings is 1. The zero-order valence-electron chi connectivity index (χ0n) is 20.3. The van der Waals surface area contributed by atoms with Crippen LogP contribution in [-0.2, 0) is 9.59 Å². The van der Waals surface area contributed by atoms with Crippen LogP contribution in [0, 0.1) is 5.82 Å². The van der Waals surface area contributed by atoms with Crippen LogP contribution in [0.3, 0.4) is 0 Å². The summed E-state index contributed by atoms with van der Waals surface area (Å²) in [7, 11) is 0. The van der Waals surface area contributed by atoms with Crippen molar-refractivity contribution in [3.05, 3.63) is 52.5 Å². The maximum absolute atomic E-state index is 13.3. The second-order valence-corrected chi connectivity index (χ2v) is 9.48. The third-order valence-corrected chi connectivity index (χ3v) is 7.32. The van der Waals surface area contributed by atoms with Crippen molar-refractivity contribution in [2.24, 2.45) is 0 Å². The number of carbonyl (C=O) groups is 2. The number of carbonyl (C=O) groups excluding carboxylic acids is 2. The number of thiophene rings is 1. The molecule has 34 heavy (non-hydrogen) atoms. The molecule has 3 rings (SSSR count). The van der Waals surface area contributed by atoms with Gasteiger partial charge in [0.25, 0.3) is 0 Å². The number of hydrogen-bond acceptors (Lipinski definition) is 6. The fourth-order valence-corrected chi connectivity index (χ4v) is 5.38. The van der Waals surface area contributed by atoms with Gasteiger partial charge in [-0.15, -0.1) is 11.3 Å². The third kappa shape index (κ3) is 7.01. The topological polar surface area (TPSA) is 67.9 Å². The van der Waals surface area contributed by atoms with Gasteiger partial charge in [0.1, 0.15) is 5.82 Å². The summed E-state index contributed by atoms with van der Waals surface area (Å²) in [5.74, 6) is -1.43. The van der Waals surface area contributed by atoms with Crippen LogP contribution in [0.1, 0.15) is 31.7 Å². The summed E-state index contributed by atoms with van der Waals surface area (Å²) in [4.78, 5) is 32.9. The van der Waals surface area contributed by atoms with Gasteiger partial charge in [0.05, 0.1) is 6.04 Å². The van der Waals surface area contributed by atoms with Gasteiger partial charge in [-0.25, -0.2) is 4.39 Å². The molecule has 186 valence electrons. The van der Waals surface area contributed by atoms with E-state index in [1.54, 1.807) is 11.3 Å². The maximum Gasteiger partial charge on any atom is 0.309 e. The molecule has 0 spiro atoms. The minimum absolute atomic E-state index is 0.0252. The monoisotopic (exact) mass is 489 g/mol. The summed E-state index contributed by atoms with van der Waals surface area (Å²) < 4.78 is 13.3.